The van der Waals surface area contributed by atoms with Crippen LogP contribution in [0, 0.1) is 0 Å². The highest BCUT2D eigenvalue weighted by molar-refractivity contribution is 6.30. The number of hydrogen-bond acceptors (Lipinski definition) is 3. The van der Waals surface area contributed by atoms with E-state index in [0.29, 0.717) is 23.8 Å². The normalized spacial score (nSPS) is 17.0. The molecule has 3 amide bonds. The molecule has 0 aromatic heterocycles. The van der Waals surface area contributed by atoms with Crippen molar-refractivity contribution in [3.63, 3.8) is 0 Å². The zero-order valence-electron chi connectivity index (χ0n) is 15.7. The second kappa shape index (κ2) is 10.1. The number of carbonyl (C=O) groups is 2. The number of hydrogen-bond donors (Lipinski definition) is 3. The number of amides is 3. The fourth-order valence-electron chi connectivity index (χ4n) is 3.36. The van der Waals surface area contributed by atoms with E-state index >= 15 is 0 Å². The van der Waals surface area contributed by atoms with Gasteiger partial charge in [0.05, 0.1) is 6.54 Å². The molecule has 1 atom stereocenters. The van der Waals surface area contributed by atoms with Crippen LogP contribution in [0.4, 0.5) is 16.2 Å². The van der Waals surface area contributed by atoms with Crippen molar-refractivity contribution in [2.75, 3.05) is 30.3 Å². The molecular formula is C21H25ClN4O2. The average molecular weight is 401 g/mol. The maximum absolute atomic E-state index is 12.4. The molecule has 1 saturated heterocycles. The van der Waals surface area contributed by atoms with E-state index < -0.39 is 0 Å². The van der Waals surface area contributed by atoms with E-state index in [-0.39, 0.29) is 18.0 Å². The molecule has 1 aliphatic heterocycles. The highest BCUT2D eigenvalue weighted by Gasteiger charge is 2.24. The number of halogens is 1. The van der Waals surface area contributed by atoms with Gasteiger partial charge in [0.15, 0.2) is 0 Å². The van der Waals surface area contributed by atoms with Gasteiger partial charge in [0, 0.05) is 29.0 Å². The molecule has 3 N–H and O–H groups in total. The van der Waals surface area contributed by atoms with Gasteiger partial charge in [0.25, 0.3) is 0 Å². The number of benzene rings is 2. The molecule has 28 heavy (non-hydrogen) atoms. The Balaban J connectivity index is 1.49. The lowest BCUT2D eigenvalue weighted by molar-refractivity contribution is -0.118. The molecule has 1 heterocycles. The zero-order chi connectivity index (χ0) is 19.8. The molecule has 1 fully saturated rings. The largest absolute Gasteiger partial charge is 0.336 e. The lowest BCUT2D eigenvalue weighted by Gasteiger charge is -2.35. The summed E-state index contributed by atoms with van der Waals surface area (Å²) < 4.78 is 0. The number of rotatable bonds is 6. The van der Waals surface area contributed by atoms with Crippen molar-refractivity contribution in [3.05, 3.63) is 59.6 Å². The third-order valence-electron chi connectivity index (χ3n) is 4.73. The Morgan fingerprint density at radius 1 is 1.00 bits per heavy atom. The van der Waals surface area contributed by atoms with E-state index in [1.54, 1.807) is 18.2 Å². The first-order chi connectivity index (χ1) is 13.6. The standard InChI is InChI=1S/C21H25ClN4O2/c22-16-7-6-10-18(13-16)24-20(27)15-26-12-5-4-11-19(26)14-23-21(28)25-17-8-2-1-3-9-17/h1-3,6-10,13,19H,4-5,11-12,14-15H2,(H,24,27)(H2,23,25,28). The third-order valence-corrected chi connectivity index (χ3v) is 4.97. The number of nitrogens with one attached hydrogen (secondary N) is 3. The number of anilines is 2. The minimum Gasteiger partial charge on any atom is -0.336 e. The summed E-state index contributed by atoms with van der Waals surface area (Å²) in [4.78, 5) is 26.7. The van der Waals surface area contributed by atoms with Crippen molar-refractivity contribution in [3.8, 4) is 0 Å². The van der Waals surface area contributed by atoms with Crippen LogP contribution in [0.3, 0.4) is 0 Å². The van der Waals surface area contributed by atoms with Crippen LogP contribution < -0.4 is 16.0 Å². The summed E-state index contributed by atoms with van der Waals surface area (Å²) in [7, 11) is 0. The Kier molecular flexibility index (Phi) is 7.28. The van der Waals surface area contributed by atoms with Crippen molar-refractivity contribution in [2.45, 2.75) is 25.3 Å². The van der Waals surface area contributed by atoms with Crippen molar-refractivity contribution in [1.82, 2.24) is 10.2 Å². The Bertz CT molecular complexity index is 800. The van der Waals surface area contributed by atoms with Gasteiger partial charge >= 0.3 is 6.03 Å². The Morgan fingerprint density at radius 2 is 1.79 bits per heavy atom. The molecule has 1 aliphatic rings. The highest BCUT2D eigenvalue weighted by atomic mass is 35.5. The van der Waals surface area contributed by atoms with E-state index in [0.717, 1.165) is 31.5 Å². The lowest BCUT2D eigenvalue weighted by atomic mass is 10.0. The molecule has 0 radical (unpaired) electrons. The second-order valence-electron chi connectivity index (χ2n) is 6.88. The second-order valence-corrected chi connectivity index (χ2v) is 7.32. The van der Waals surface area contributed by atoms with Gasteiger partial charge in [-0.25, -0.2) is 4.79 Å². The van der Waals surface area contributed by atoms with Gasteiger partial charge in [-0.15, -0.1) is 0 Å². The van der Waals surface area contributed by atoms with Crippen LogP contribution in [0.2, 0.25) is 5.02 Å². The van der Waals surface area contributed by atoms with Crippen LogP contribution in [0.1, 0.15) is 19.3 Å². The van der Waals surface area contributed by atoms with Gasteiger partial charge in [-0.05, 0) is 49.7 Å². The number of para-hydroxylation sites is 1. The van der Waals surface area contributed by atoms with Gasteiger partial charge < -0.3 is 16.0 Å². The van der Waals surface area contributed by atoms with Crippen molar-refractivity contribution >= 4 is 34.9 Å². The average Bonchev–Trinajstić information content (AvgIpc) is 2.68. The van der Waals surface area contributed by atoms with Crippen molar-refractivity contribution in [2.24, 2.45) is 0 Å². The summed E-state index contributed by atoms with van der Waals surface area (Å²) in [5.41, 5.74) is 1.44. The predicted molar refractivity (Wildman–Crippen MR) is 113 cm³/mol. The number of piperidine rings is 1. The zero-order valence-corrected chi connectivity index (χ0v) is 16.4. The SMILES string of the molecule is O=C(CN1CCCCC1CNC(=O)Nc1ccccc1)Nc1cccc(Cl)c1. The van der Waals surface area contributed by atoms with Crippen molar-refractivity contribution < 1.29 is 9.59 Å². The summed E-state index contributed by atoms with van der Waals surface area (Å²) >= 11 is 5.96. The monoisotopic (exact) mass is 400 g/mol. The maximum Gasteiger partial charge on any atom is 0.319 e. The Labute approximate surface area is 170 Å². The summed E-state index contributed by atoms with van der Waals surface area (Å²) in [5, 5.41) is 9.20. The molecule has 2 aromatic rings. The number of carbonyl (C=O) groups excluding carboxylic acids is 2. The molecule has 6 nitrogen and oxygen atoms in total. The molecule has 3 rings (SSSR count). The highest BCUT2D eigenvalue weighted by Crippen LogP contribution is 2.18. The topological polar surface area (TPSA) is 73.5 Å². The van der Waals surface area contributed by atoms with Crippen LogP contribution in [-0.2, 0) is 4.79 Å². The summed E-state index contributed by atoms with van der Waals surface area (Å²) in [6.07, 6.45) is 3.10. The molecule has 0 spiro atoms. The quantitative estimate of drug-likeness (QED) is 0.687. The van der Waals surface area contributed by atoms with E-state index in [2.05, 4.69) is 20.9 Å². The number of urea groups is 1. The Morgan fingerprint density at radius 3 is 2.57 bits per heavy atom. The van der Waals surface area contributed by atoms with Gasteiger partial charge in [-0.1, -0.05) is 42.3 Å². The van der Waals surface area contributed by atoms with Crippen LogP contribution in [0.15, 0.2) is 54.6 Å². The lowest BCUT2D eigenvalue weighted by Crippen LogP contribution is -2.49. The molecule has 0 aliphatic carbocycles. The third kappa shape index (κ3) is 6.25. The minimum absolute atomic E-state index is 0.0806. The van der Waals surface area contributed by atoms with Crippen LogP contribution in [0.25, 0.3) is 0 Å². The van der Waals surface area contributed by atoms with E-state index in [9.17, 15) is 9.59 Å². The number of nitrogens with zero attached hydrogens (tertiary/aromatic N) is 1. The maximum atomic E-state index is 12.4. The predicted octanol–water partition coefficient (Wildman–Crippen LogP) is 3.95. The van der Waals surface area contributed by atoms with Gasteiger partial charge in [-0.2, -0.15) is 0 Å². The molecule has 7 heteroatoms. The van der Waals surface area contributed by atoms with Gasteiger partial charge in [-0.3, -0.25) is 9.69 Å². The van der Waals surface area contributed by atoms with Crippen LogP contribution in [0.5, 0.6) is 0 Å². The first kappa shape index (κ1) is 20.2. The first-order valence-electron chi connectivity index (χ1n) is 9.49. The van der Waals surface area contributed by atoms with E-state index in [1.165, 1.54) is 0 Å². The summed E-state index contributed by atoms with van der Waals surface area (Å²) in [6, 6.07) is 16.3. The fourth-order valence-corrected chi connectivity index (χ4v) is 3.55. The summed E-state index contributed by atoms with van der Waals surface area (Å²) in [5.74, 6) is -0.0806. The van der Waals surface area contributed by atoms with Crippen LogP contribution >= 0.6 is 11.6 Å². The molecule has 0 bridgehead atoms. The molecule has 2 aromatic carbocycles. The minimum atomic E-state index is -0.236. The Hall–Kier alpha value is -2.57. The fraction of sp³-hybridized carbons (Fsp3) is 0.333. The van der Waals surface area contributed by atoms with Crippen molar-refractivity contribution in [1.29, 1.82) is 0 Å². The van der Waals surface area contributed by atoms with E-state index in [4.69, 9.17) is 11.6 Å². The molecule has 1 unspecified atom stereocenters. The smallest absolute Gasteiger partial charge is 0.319 e. The first-order valence-corrected chi connectivity index (χ1v) is 9.87. The molecule has 148 valence electrons. The molecule has 0 saturated carbocycles. The van der Waals surface area contributed by atoms with Gasteiger partial charge in [0.2, 0.25) is 5.91 Å². The number of likely N-dealkylation sites (tertiary alicyclic amines) is 1. The summed E-state index contributed by atoms with van der Waals surface area (Å²) in [6.45, 7) is 1.64. The van der Waals surface area contributed by atoms with Gasteiger partial charge in [0.1, 0.15) is 0 Å². The van der Waals surface area contributed by atoms with Crippen LogP contribution in [-0.4, -0.2) is 42.5 Å². The molecular weight excluding hydrogens is 376 g/mol. The van der Waals surface area contributed by atoms with E-state index in [1.807, 2.05) is 36.4 Å².